The average Bonchev–Trinajstić information content (AvgIpc) is 1.87. The molecule has 0 N–H and O–H groups in total. The van der Waals surface area contributed by atoms with E-state index in [0.717, 1.165) is 11.7 Å². The molecule has 0 bridgehead atoms. The van der Waals surface area contributed by atoms with Gasteiger partial charge in [-0.1, -0.05) is 40.5 Å². The maximum absolute atomic E-state index is 4.33. The van der Waals surface area contributed by atoms with Gasteiger partial charge in [-0.3, -0.25) is 0 Å². The molecule has 68 valence electrons. The van der Waals surface area contributed by atoms with Gasteiger partial charge in [0.15, 0.2) is 0 Å². The van der Waals surface area contributed by atoms with Gasteiger partial charge in [0.25, 0.3) is 0 Å². The molecule has 0 unspecified atom stereocenters. The van der Waals surface area contributed by atoms with E-state index in [9.17, 15) is 0 Å². The van der Waals surface area contributed by atoms with Crippen LogP contribution in [-0.4, -0.2) is 5.75 Å². The predicted octanol–water partition coefficient (Wildman–Crippen LogP) is 3.77. The number of hydrogen-bond acceptors (Lipinski definition) is 1. The zero-order chi connectivity index (χ0) is 8.91. The van der Waals surface area contributed by atoms with E-state index >= 15 is 0 Å². The van der Waals surface area contributed by atoms with Crippen LogP contribution in [0.15, 0.2) is 0 Å². The molecule has 0 aliphatic carbocycles. The normalized spacial score (nSPS) is 12.5. The Morgan fingerprint density at radius 3 is 2.18 bits per heavy atom. The van der Waals surface area contributed by atoms with E-state index in [-0.39, 0.29) is 0 Å². The van der Waals surface area contributed by atoms with Gasteiger partial charge in [0.05, 0.1) is 0 Å². The van der Waals surface area contributed by atoms with Crippen molar-refractivity contribution in [2.24, 2.45) is 11.3 Å². The van der Waals surface area contributed by atoms with Gasteiger partial charge in [0.2, 0.25) is 0 Å². The highest BCUT2D eigenvalue weighted by Gasteiger charge is 2.14. The lowest BCUT2D eigenvalue weighted by molar-refractivity contribution is 0.356. The molecule has 0 heterocycles. The van der Waals surface area contributed by atoms with E-state index in [2.05, 4.69) is 40.3 Å². The molecular formula is C10H22S. The Bertz CT molecular complexity index is 95.0. The lowest BCUT2D eigenvalue weighted by atomic mass is 9.88. The maximum atomic E-state index is 4.33. The zero-order valence-corrected chi connectivity index (χ0v) is 9.25. The lowest BCUT2D eigenvalue weighted by Crippen LogP contribution is -2.13. The van der Waals surface area contributed by atoms with Crippen LogP contribution in [0.4, 0.5) is 0 Å². The molecule has 0 aromatic rings. The first-order valence-corrected chi connectivity index (χ1v) is 5.22. The lowest BCUT2D eigenvalue weighted by Gasteiger charge is -2.21. The quantitative estimate of drug-likeness (QED) is 0.603. The third-order valence-electron chi connectivity index (χ3n) is 2.06. The third-order valence-corrected chi connectivity index (χ3v) is 2.92. The van der Waals surface area contributed by atoms with Crippen LogP contribution in [0.25, 0.3) is 0 Å². The molecule has 0 spiro atoms. The molecule has 0 amide bonds. The Morgan fingerprint density at radius 2 is 1.82 bits per heavy atom. The Hall–Kier alpha value is 0.350. The van der Waals surface area contributed by atoms with Gasteiger partial charge in [0, 0.05) is 0 Å². The molecule has 0 radical (unpaired) electrons. The topological polar surface area (TPSA) is 0 Å². The highest BCUT2D eigenvalue weighted by molar-refractivity contribution is 7.80. The molecule has 11 heavy (non-hydrogen) atoms. The fraction of sp³-hybridized carbons (Fsp3) is 1.00. The minimum absolute atomic E-state index is 0.442. The highest BCUT2D eigenvalue weighted by atomic mass is 32.1. The Kier molecular flexibility index (Phi) is 5.24. The van der Waals surface area contributed by atoms with E-state index < -0.39 is 0 Å². The van der Waals surface area contributed by atoms with E-state index in [1.807, 2.05) is 0 Å². The summed E-state index contributed by atoms with van der Waals surface area (Å²) < 4.78 is 0. The summed E-state index contributed by atoms with van der Waals surface area (Å²) in [6.07, 6.45) is 4.02. The van der Waals surface area contributed by atoms with Gasteiger partial charge < -0.3 is 0 Å². The van der Waals surface area contributed by atoms with Crippen LogP contribution in [0.5, 0.6) is 0 Å². The minimum Gasteiger partial charge on any atom is -0.179 e. The number of thiol groups is 1. The van der Waals surface area contributed by atoms with Crippen LogP contribution >= 0.6 is 12.6 Å². The molecule has 0 fully saturated rings. The van der Waals surface area contributed by atoms with Gasteiger partial charge in [0.1, 0.15) is 0 Å². The average molecular weight is 174 g/mol. The second-order valence-electron chi connectivity index (χ2n) is 4.61. The molecule has 0 saturated carbocycles. The summed E-state index contributed by atoms with van der Waals surface area (Å²) in [5, 5.41) is 0. The number of hydrogen-bond donors (Lipinski definition) is 1. The smallest absolute Gasteiger partial charge is 0.00464 e. The van der Waals surface area contributed by atoms with Crippen LogP contribution in [-0.2, 0) is 0 Å². The first-order chi connectivity index (χ1) is 4.98. The van der Waals surface area contributed by atoms with E-state index in [0.29, 0.717) is 5.41 Å². The van der Waals surface area contributed by atoms with Gasteiger partial charge in [-0.05, 0) is 23.5 Å². The summed E-state index contributed by atoms with van der Waals surface area (Å²) in [4.78, 5) is 0. The van der Waals surface area contributed by atoms with Crippen molar-refractivity contribution in [2.45, 2.75) is 47.0 Å². The standard InChI is InChI=1S/C10H22S/c1-9(2)6-5-7-10(3,4)8-11/h9,11H,5-8H2,1-4H3. The maximum Gasteiger partial charge on any atom is -0.00464 e. The predicted molar refractivity (Wildman–Crippen MR) is 56.3 cm³/mol. The van der Waals surface area contributed by atoms with Crippen molar-refractivity contribution >= 4 is 12.6 Å². The molecule has 0 aromatic heterocycles. The van der Waals surface area contributed by atoms with Crippen molar-refractivity contribution < 1.29 is 0 Å². The summed E-state index contributed by atoms with van der Waals surface area (Å²) in [5.41, 5.74) is 0.442. The zero-order valence-electron chi connectivity index (χ0n) is 8.35. The van der Waals surface area contributed by atoms with Crippen LogP contribution in [0.3, 0.4) is 0 Å². The molecule has 0 nitrogen and oxygen atoms in total. The minimum atomic E-state index is 0.442. The molecule has 0 rings (SSSR count). The van der Waals surface area contributed by atoms with Crippen molar-refractivity contribution in [1.82, 2.24) is 0 Å². The molecule has 1 heteroatoms. The first kappa shape index (κ1) is 11.4. The van der Waals surface area contributed by atoms with Crippen molar-refractivity contribution in [2.75, 3.05) is 5.75 Å². The monoisotopic (exact) mass is 174 g/mol. The van der Waals surface area contributed by atoms with Crippen molar-refractivity contribution in [3.05, 3.63) is 0 Å². The van der Waals surface area contributed by atoms with Crippen LogP contribution < -0.4 is 0 Å². The second kappa shape index (κ2) is 5.08. The van der Waals surface area contributed by atoms with Gasteiger partial charge >= 0.3 is 0 Å². The Balaban J connectivity index is 3.38. The Morgan fingerprint density at radius 1 is 1.27 bits per heavy atom. The fourth-order valence-corrected chi connectivity index (χ4v) is 1.23. The first-order valence-electron chi connectivity index (χ1n) is 4.59. The van der Waals surface area contributed by atoms with E-state index in [4.69, 9.17) is 0 Å². The van der Waals surface area contributed by atoms with Crippen molar-refractivity contribution in [1.29, 1.82) is 0 Å². The third kappa shape index (κ3) is 6.74. The summed E-state index contributed by atoms with van der Waals surface area (Å²) in [6, 6.07) is 0. The molecule has 0 atom stereocenters. The molecule has 0 aliphatic heterocycles. The van der Waals surface area contributed by atoms with E-state index in [1.165, 1.54) is 19.3 Å². The molecule has 0 aromatic carbocycles. The van der Waals surface area contributed by atoms with Crippen molar-refractivity contribution in [3.63, 3.8) is 0 Å². The van der Waals surface area contributed by atoms with E-state index in [1.54, 1.807) is 0 Å². The SMILES string of the molecule is CC(C)CCCC(C)(C)CS. The molecule has 0 aliphatic rings. The fourth-order valence-electron chi connectivity index (χ4n) is 1.07. The van der Waals surface area contributed by atoms with Crippen LogP contribution in [0.2, 0.25) is 0 Å². The van der Waals surface area contributed by atoms with Crippen molar-refractivity contribution in [3.8, 4) is 0 Å². The summed E-state index contributed by atoms with van der Waals surface area (Å²) in [5.74, 6) is 1.86. The van der Waals surface area contributed by atoms with Gasteiger partial charge in [-0.2, -0.15) is 12.6 Å². The van der Waals surface area contributed by atoms with Crippen LogP contribution in [0, 0.1) is 11.3 Å². The molecule has 0 saturated heterocycles. The second-order valence-corrected chi connectivity index (χ2v) is 4.92. The summed E-state index contributed by atoms with van der Waals surface area (Å²) >= 11 is 4.33. The van der Waals surface area contributed by atoms with Gasteiger partial charge in [-0.15, -0.1) is 0 Å². The largest absolute Gasteiger partial charge is 0.179 e. The highest BCUT2D eigenvalue weighted by Crippen LogP contribution is 2.25. The number of rotatable bonds is 5. The Labute approximate surface area is 77.2 Å². The summed E-state index contributed by atoms with van der Waals surface area (Å²) in [7, 11) is 0. The van der Waals surface area contributed by atoms with Gasteiger partial charge in [-0.25, -0.2) is 0 Å². The van der Waals surface area contributed by atoms with Crippen LogP contribution in [0.1, 0.15) is 47.0 Å². The molecular weight excluding hydrogens is 152 g/mol. The summed E-state index contributed by atoms with van der Waals surface area (Å²) in [6.45, 7) is 9.15.